The smallest absolute Gasteiger partial charge is 0.326 e. The predicted molar refractivity (Wildman–Crippen MR) is 72.8 cm³/mol. The van der Waals surface area contributed by atoms with Gasteiger partial charge in [0.05, 0.1) is 0 Å². The Balaban J connectivity index is 2.52. The molecule has 0 saturated carbocycles. The summed E-state index contributed by atoms with van der Waals surface area (Å²) in [5.41, 5.74) is 2.09. The van der Waals surface area contributed by atoms with Gasteiger partial charge in [0.2, 0.25) is 0 Å². The standard InChI is InChI=1S/C14H20N2O3/c1-9(2)12(13(17)18)16-14(19)15-8-11-7-5-4-6-10(11)3/h4-7,9,12H,8H2,1-3H3,(H,17,18)(H2,15,16,19)/t12-/m0/s1. The van der Waals surface area contributed by atoms with Gasteiger partial charge in [0.1, 0.15) is 6.04 Å². The maximum atomic E-state index is 11.7. The van der Waals surface area contributed by atoms with E-state index >= 15 is 0 Å². The number of aryl methyl sites for hydroxylation is 1. The average molecular weight is 264 g/mol. The van der Waals surface area contributed by atoms with Gasteiger partial charge in [-0.2, -0.15) is 0 Å². The molecule has 104 valence electrons. The van der Waals surface area contributed by atoms with E-state index in [1.165, 1.54) is 0 Å². The first-order valence-electron chi connectivity index (χ1n) is 6.23. The molecule has 3 N–H and O–H groups in total. The van der Waals surface area contributed by atoms with Crippen molar-refractivity contribution in [1.82, 2.24) is 10.6 Å². The van der Waals surface area contributed by atoms with Crippen molar-refractivity contribution in [2.24, 2.45) is 5.92 Å². The van der Waals surface area contributed by atoms with Crippen molar-refractivity contribution in [2.45, 2.75) is 33.4 Å². The predicted octanol–water partition coefficient (Wildman–Crippen LogP) is 1.90. The Morgan fingerprint density at radius 3 is 2.42 bits per heavy atom. The van der Waals surface area contributed by atoms with Crippen LogP contribution in [0.25, 0.3) is 0 Å². The molecule has 1 rings (SSSR count). The molecule has 1 aromatic rings. The first kappa shape index (κ1) is 15.0. The van der Waals surface area contributed by atoms with Gasteiger partial charge < -0.3 is 15.7 Å². The fraction of sp³-hybridized carbons (Fsp3) is 0.429. The number of amides is 2. The molecule has 5 nitrogen and oxygen atoms in total. The Morgan fingerprint density at radius 1 is 1.26 bits per heavy atom. The van der Waals surface area contributed by atoms with Crippen LogP contribution < -0.4 is 10.6 Å². The Morgan fingerprint density at radius 2 is 1.89 bits per heavy atom. The Hall–Kier alpha value is -2.04. The lowest BCUT2D eigenvalue weighted by molar-refractivity contribution is -0.140. The highest BCUT2D eigenvalue weighted by Crippen LogP contribution is 2.06. The SMILES string of the molecule is Cc1ccccc1CNC(=O)N[C@H](C(=O)O)C(C)C. The van der Waals surface area contributed by atoms with Crippen LogP contribution in [0.1, 0.15) is 25.0 Å². The zero-order valence-corrected chi connectivity index (χ0v) is 11.4. The van der Waals surface area contributed by atoms with E-state index in [0.717, 1.165) is 11.1 Å². The summed E-state index contributed by atoms with van der Waals surface area (Å²) in [4.78, 5) is 22.6. The molecule has 0 unspecified atom stereocenters. The van der Waals surface area contributed by atoms with Crippen LogP contribution in [0.4, 0.5) is 4.79 Å². The molecule has 0 aliphatic carbocycles. The lowest BCUT2D eigenvalue weighted by atomic mass is 10.1. The molecule has 0 aliphatic heterocycles. The van der Waals surface area contributed by atoms with Gasteiger partial charge in [0, 0.05) is 6.54 Å². The number of urea groups is 1. The molecule has 0 heterocycles. The molecule has 0 aromatic heterocycles. The van der Waals surface area contributed by atoms with Gasteiger partial charge in [-0.05, 0) is 24.0 Å². The van der Waals surface area contributed by atoms with Crippen LogP contribution in [0.15, 0.2) is 24.3 Å². The Labute approximate surface area is 113 Å². The van der Waals surface area contributed by atoms with Gasteiger partial charge in [0.25, 0.3) is 0 Å². The third-order valence-corrected chi connectivity index (χ3v) is 2.92. The molecule has 0 saturated heterocycles. The highest BCUT2D eigenvalue weighted by atomic mass is 16.4. The van der Waals surface area contributed by atoms with Gasteiger partial charge in [-0.15, -0.1) is 0 Å². The summed E-state index contributed by atoms with van der Waals surface area (Å²) in [7, 11) is 0. The molecular formula is C14H20N2O3. The third kappa shape index (κ3) is 4.62. The van der Waals surface area contributed by atoms with E-state index in [-0.39, 0.29) is 5.92 Å². The molecule has 0 fully saturated rings. The van der Waals surface area contributed by atoms with Gasteiger partial charge in [-0.3, -0.25) is 0 Å². The largest absolute Gasteiger partial charge is 0.480 e. The minimum Gasteiger partial charge on any atom is -0.480 e. The second kappa shape index (κ2) is 6.78. The number of nitrogens with one attached hydrogen (secondary N) is 2. The van der Waals surface area contributed by atoms with Crippen LogP contribution in [0.5, 0.6) is 0 Å². The molecule has 2 amide bonds. The van der Waals surface area contributed by atoms with E-state index in [0.29, 0.717) is 6.54 Å². The molecule has 0 spiro atoms. The molecular weight excluding hydrogens is 244 g/mol. The molecule has 0 radical (unpaired) electrons. The maximum Gasteiger partial charge on any atom is 0.326 e. The quantitative estimate of drug-likeness (QED) is 0.760. The number of hydrogen-bond donors (Lipinski definition) is 3. The number of hydrogen-bond acceptors (Lipinski definition) is 2. The summed E-state index contributed by atoms with van der Waals surface area (Å²) in [6.07, 6.45) is 0. The fourth-order valence-electron chi connectivity index (χ4n) is 1.69. The Kier molecular flexibility index (Phi) is 5.36. The zero-order chi connectivity index (χ0) is 14.4. The molecule has 0 aliphatic rings. The van der Waals surface area contributed by atoms with E-state index in [2.05, 4.69) is 10.6 Å². The summed E-state index contributed by atoms with van der Waals surface area (Å²) in [5, 5.41) is 14.1. The Bertz CT molecular complexity index is 458. The lowest BCUT2D eigenvalue weighted by Gasteiger charge is -2.18. The monoisotopic (exact) mass is 264 g/mol. The first-order valence-corrected chi connectivity index (χ1v) is 6.23. The number of carboxylic acids is 1. The summed E-state index contributed by atoms with van der Waals surface area (Å²) in [6.45, 7) is 5.84. The van der Waals surface area contributed by atoms with Crippen molar-refractivity contribution in [3.05, 3.63) is 35.4 Å². The third-order valence-electron chi connectivity index (χ3n) is 2.92. The number of aliphatic carboxylic acids is 1. The maximum absolute atomic E-state index is 11.7. The van der Waals surface area contributed by atoms with E-state index < -0.39 is 18.0 Å². The van der Waals surface area contributed by atoms with Crippen LogP contribution in [0, 0.1) is 12.8 Å². The van der Waals surface area contributed by atoms with Crippen LogP contribution in [0.2, 0.25) is 0 Å². The number of carbonyl (C=O) groups excluding carboxylic acids is 1. The normalized spacial score (nSPS) is 12.0. The molecule has 5 heteroatoms. The number of benzene rings is 1. The summed E-state index contributed by atoms with van der Waals surface area (Å²) >= 11 is 0. The zero-order valence-electron chi connectivity index (χ0n) is 11.4. The topological polar surface area (TPSA) is 78.4 Å². The highest BCUT2D eigenvalue weighted by Gasteiger charge is 2.23. The van der Waals surface area contributed by atoms with Crippen LogP contribution in [-0.4, -0.2) is 23.1 Å². The minimum absolute atomic E-state index is 0.165. The van der Waals surface area contributed by atoms with Crippen molar-refractivity contribution in [2.75, 3.05) is 0 Å². The van der Waals surface area contributed by atoms with Crippen molar-refractivity contribution in [1.29, 1.82) is 0 Å². The minimum atomic E-state index is -1.03. The number of rotatable bonds is 5. The lowest BCUT2D eigenvalue weighted by Crippen LogP contribution is -2.48. The van der Waals surface area contributed by atoms with E-state index in [1.54, 1.807) is 13.8 Å². The fourth-order valence-corrected chi connectivity index (χ4v) is 1.69. The molecule has 1 atom stereocenters. The van der Waals surface area contributed by atoms with Gasteiger partial charge in [-0.1, -0.05) is 38.1 Å². The van der Waals surface area contributed by atoms with Gasteiger partial charge >= 0.3 is 12.0 Å². The molecule has 1 aromatic carbocycles. The first-order chi connectivity index (χ1) is 8.91. The van der Waals surface area contributed by atoms with Crippen LogP contribution in [-0.2, 0) is 11.3 Å². The van der Waals surface area contributed by atoms with Gasteiger partial charge in [0.15, 0.2) is 0 Å². The van der Waals surface area contributed by atoms with Crippen molar-refractivity contribution in [3.8, 4) is 0 Å². The number of carboxylic acid groups (broad SMARTS) is 1. The average Bonchev–Trinajstić information content (AvgIpc) is 2.34. The van der Waals surface area contributed by atoms with Gasteiger partial charge in [-0.25, -0.2) is 9.59 Å². The molecule has 0 bridgehead atoms. The van der Waals surface area contributed by atoms with Crippen LogP contribution >= 0.6 is 0 Å². The second-order valence-electron chi connectivity index (χ2n) is 4.81. The van der Waals surface area contributed by atoms with Crippen molar-refractivity contribution >= 4 is 12.0 Å². The molecule has 19 heavy (non-hydrogen) atoms. The number of carbonyl (C=O) groups is 2. The van der Waals surface area contributed by atoms with E-state index in [1.807, 2.05) is 31.2 Å². The van der Waals surface area contributed by atoms with E-state index in [9.17, 15) is 9.59 Å². The summed E-state index contributed by atoms with van der Waals surface area (Å²) < 4.78 is 0. The second-order valence-corrected chi connectivity index (χ2v) is 4.81. The summed E-state index contributed by atoms with van der Waals surface area (Å²) in [6, 6.07) is 6.37. The van der Waals surface area contributed by atoms with E-state index in [4.69, 9.17) is 5.11 Å². The highest BCUT2D eigenvalue weighted by molar-refractivity contribution is 5.82. The van der Waals surface area contributed by atoms with Crippen molar-refractivity contribution in [3.63, 3.8) is 0 Å². The summed E-state index contributed by atoms with van der Waals surface area (Å²) in [5.74, 6) is -1.19. The van der Waals surface area contributed by atoms with Crippen LogP contribution in [0.3, 0.4) is 0 Å². The van der Waals surface area contributed by atoms with Crippen molar-refractivity contribution < 1.29 is 14.7 Å².